The van der Waals surface area contributed by atoms with E-state index in [-0.39, 0.29) is 10.6 Å². The number of allylic oxidation sites excluding steroid dienone is 6. The molecule has 2 heterocycles. The molecule has 3 aliphatic rings. The largest absolute Gasteiger partial charge is 0.417 e. The molecule has 0 fully saturated rings. The van der Waals surface area contributed by atoms with Crippen molar-refractivity contribution in [1.29, 1.82) is 0 Å². The predicted octanol–water partition coefficient (Wildman–Crippen LogP) is 2.69. The summed E-state index contributed by atoms with van der Waals surface area (Å²) in [6.45, 7) is 0.686. The lowest BCUT2D eigenvalue weighted by Crippen LogP contribution is -2.42. The van der Waals surface area contributed by atoms with E-state index in [0.717, 1.165) is 22.5 Å². The maximum atomic E-state index is 10.9. The first-order chi connectivity index (χ1) is 11.2. The molecule has 0 radical (unpaired) electrons. The Hall–Kier alpha value is -3.05. The van der Waals surface area contributed by atoms with Crippen molar-refractivity contribution < 1.29 is 10.1 Å². The zero-order valence-corrected chi connectivity index (χ0v) is 12.3. The molecular formula is C18H15N3O2. The van der Waals surface area contributed by atoms with Gasteiger partial charge in [0.25, 0.3) is 5.71 Å². The average Bonchev–Trinajstić information content (AvgIpc) is 2.61. The van der Waals surface area contributed by atoms with Crippen LogP contribution in [-0.4, -0.2) is 22.4 Å². The van der Waals surface area contributed by atoms with Gasteiger partial charge in [0.15, 0.2) is 0 Å². The first-order valence-corrected chi connectivity index (χ1v) is 7.37. The summed E-state index contributed by atoms with van der Waals surface area (Å²) in [6.07, 6.45) is 13.2. The molecule has 2 N–H and O–H groups in total. The lowest BCUT2D eigenvalue weighted by molar-refractivity contribution is -0.725. The molecule has 0 saturated heterocycles. The van der Waals surface area contributed by atoms with Crippen LogP contribution in [0, 0.1) is 5.21 Å². The molecule has 0 atom stereocenters. The van der Waals surface area contributed by atoms with Crippen LogP contribution in [0.2, 0.25) is 0 Å². The monoisotopic (exact) mass is 305 g/mol. The Labute approximate surface area is 133 Å². The molecule has 5 heteroatoms. The van der Waals surface area contributed by atoms with Gasteiger partial charge in [0.2, 0.25) is 0 Å². The van der Waals surface area contributed by atoms with Crippen molar-refractivity contribution in [1.82, 2.24) is 5.43 Å². The second kappa shape index (κ2) is 5.30. The van der Waals surface area contributed by atoms with Gasteiger partial charge in [-0.2, -0.15) is 0 Å². The molecule has 0 saturated carbocycles. The molecule has 114 valence electrons. The van der Waals surface area contributed by atoms with Crippen LogP contribution in [0.25, 0.3) is 6.08 Å². The van der Waals surface area contributed by atoms with Crippen molar-refractivity contribution in [3.05, 3.63) is 88.3 Å². The van der Waals surface area contributed by atoms with Gasteiger partial charge in [-0.1, -0.05) is 24.3 Å². The molecular weight excluding hydrogens is 290 g/mol. The van der Waals surface area contributed by atoms with E-state index in [1.165, 1.54) is 5.56 Å². The number of rotatable bonds is 0. The summed E-state index contributed by atoms with van der Waals surface area (Å²) in [7, 11) is 0. The fourth-order valence-electron chi connectivity index (χ4n) is 2.89. The van der Waals surface area contributed by atoms with Gasteiger partial charge < -0.3 is 5.21 Å². The van der Waals surface area contributed by atoms with Crippen LogP contribution < -0.4 is 10.4 Å². The van der Waals surface area contributed by atoms with E-state index in [9.17, 15) is 5.21 Å². The molecule has 0 bridgehead atoms. The number of nitrogens with one attached hydrogen (secondary N) is 1. The van der Waals surface area contributed by atoms with E-state index in [2.05, 4.69) is 40.8 Å². The smallest absolute Gasteiger partial charge is 0.267 e. The third kappa shape index (κ3) is 2.37. The van der Waals surface area contributed by atoms with Crippen LogP contribution >= 0.6 is 0 Å². The highest BCUT2D eigenvalue weighted by molar-refractivity contribution is 6.02. The Morgan fingerprint density at radius 3 is 2.61 bits per heavy atom. The minimum absolute atomic E-state index is 0.130. The molecule has 2 aliphatic heterocycles. The van der Waals surface area contributed by atoms with Gasteiger partial charge in [-0.25, -0.2) is 5.43 Å². The van der Waals surface area contributed by atoms with Gasteiger partial charge >= 0.3 is 0 Å². The number of anilines is 1. The van der Waals surface area contributed by atoms with E-state index in [1.54, 1.807) is 12.2 Å². The van der Waals surface area contributed by atoms with Crippen molar-refractivity contribution in [2.75, 3.05) is 11.6 Å². The number of hydrogen-bond acceptors (Lipinski definition) is 4. The molecule has 1 aromatic carbocycles. The summed E-state index contributed by atoms with van der Waals surface area (Å²) < 4.78 is 0. The summed E-state index contributed by atoms with van der Waals surface area (Å²) >= 11 is 0. The van der Waals surface area contributed by atoms with Gasteiger partial charge in [0.05, 0.1) is 11.4 Å². The molecule has 4 rings (SSSR count). The summed E-state index contributed by atoms with van der Waals surface area (Å²) in [5, 5.41) is 21.8. The molecule has 23 heavy (non-hydrogen) atoms. The summed E-state index contributed by atoms with van der Waals surface area (Å²) in [5.74, 6) is 0. The highest BCUT2D eigenvalue weighted by Gasteiger charge is 2.22. The third-order valence-electron chi connectivity index (χ3n) is 4.08. The fraction of sp³-hybridized carbons (Fsp3) is 0.0556. The van der Waals surface area contributed by atoms with Crippen molar-refractivity contribution in [2.45, 2.75) is 0 Å². The maximum absolute atomic E-state index is 10.9. The minimum atomic E-state index is -0.130. The van der Waals surface area contributed by atoms with E-state index in [0.29, 0.717) is 6.54 Å². The lowest BCUT2D eigenvalue weighted by Gasteiger charge is -2.34. The highest BCUT2D eigenvalue weighted by Crippen LogP contribution is 2.32. The molecule has 1 aliphatic carbocycles. The van der Waals surface area contributed by atoms with E-state index >= 15 is 0 Å². The quantitative estimate of drug-likeness (QED) is 0.439. The molecule has 0 unspecified atom stereocenters. The molecule has 0 aromatic heterocycles. The van der Waals surface area contributed by atoms with E-state index < -0.39 is 0 Å². The number of hydrazine groups is 1. The second-order valence-corrected chi connectivity index (χ2v) is 5.48. The van der Waals surface area contributed by atoms with Crippen molar-refractivity contribution in [3.63, 3.8) is 0 Å². The standard InChI is InChI=1S/C18H15N3O2/c22-21(23)16-8-5-13(6-9-16)15-11-17-10-7-14-3-1-2-4-18(14)20(17)19-12-15/h1-11,19H,12H2,(H,22,23). The zero-order valence-electron chi connectivity index (χ0n) is 12.3. The summed E-state index contributed by atoms with van der Waals surface area (Å²) in [6, 6.07) is 8.23. The summed E-state index contributed by atoms with van der Waals surface area (Å²) in [4.78, 5) is -0.130. The predicted molar refractivity (Wildman–Crippen MR) is 89.8 cm³/mol. The van der Waals surface area contributed by atoms with Crippen molar-refractivity contribution in [3.8, 4) is 0 Å². The van der Waals surface area contributed by atoms with Crippen LogP contribution in [0.5, 0.6) is 0 Å². The van der Waals surface area contributed by atoms with Crippen LogP contribution in [0.15, 0.2) is 77.6 Å². The number of nitrogens with zero attached hydrogens (tertiary/aromatic N) is 2. The van der Waals surface area contributed by atoms with Gasteiger partial charge in [-0.15, -0.1) is 0 Å². The minimum Gasteiger partial charge on any atom is -0.417 e. The number of benzene rings is 1. The SMILES string of the molecule is [O-][N+](O)=C1C=CC(=C2C=C3C=Cc4ccccc4N3NC2)C=C1. The topological polar surface area (TPSA) is 61.6 Å². The Kier molecular flexibility index (Phi) is 3.13. The van der Waals surface area contributed by atoms with E-state index in [4.69, 9.17) is 5.21 Å². The number of fused-ring (bicyclic) bond motifs is 3. The first-order valence-electron chi connectivity index (χ1n) is 7.37. The van der Waals surface area contributed by atoms with Gasteiger partial charge in [-0.05, 0) is 47.1 Å². The Morgan fingerprint density at radius 2 is 1.83 bits per heavy atom. The van der Waals surface area contributed by atoms with Crippen LogP contribution in [0.4, 0.5) is 5.69 Å². The van der Waals surface area contributed by atoms with Gasteiger partial charge in [-0.3, -0.25) is 10.2 Å². The first kappa shape index (κ1) is 13.6. The van der Waals surface area contributed by atoms with Crippen molar-refractivity contribution >= 4 is 17.5 Å². The van der Waals surface area contributed by atoms with Gasteiger partial charge in [0, 0.05) is 23.6 Å². The van der Waals surface area contributed by atoms with Crippen LogP contribution in [0.3, 0.4) is 0 Å². The fourth-order valence-corrected chi connectivity index (χ4v) is 2.89. The van der Waals surface area contributed by atoms with Crippen LogP contribution in [-0.2, 0) is 0 Å². The second-order valence-electron chi connectivity index (χ2n) is 5.48. The Balaban J connectivity index is 1.70. The zero-order chi connectivity index (χ0) is 15.8. The Morgan fingerprint density at radius 1 is 1.04 bits per heavy atom. The van der Waals surface area contributed by atoms with E-state index in [1.807, 2.05) is 24.3 Å². The number of para-hydroxylation sites is 1. The normalized spacial score (nSPS) is 18.7. The molecule has 1 aromatic rings. The number of hydrogen-bond donors (Lipinski definition) is 2. The third-order valence-corrected chi connectivity index (χ3v) is 4.08. The van der Waals surface area contributed by atoms with Crippen molar-refractivity contribution in [2.24, 2.45) is 0 Å². The summed E-state index contributed by atoms with van der Waals surface area (Å²) in [5.41, 5.74) is 9.17. The molecule has 0 amide bonds. The molecule has 5 nitrogen and oxygen atoms in total. The molecule has 0 spiro atoms. The average molecular weight is 305 g/mol. The maximum Gasteiger partial charge on any atom is 0.267 e. The van der Waals surface area contributed by atoms with Gasteiger partial charge in [0.1, 0.15) is 0 Å². The highest BCUT2D eigenvalue weighted by atomic mass is 16.8. The Bertz CT molecular complexity index is 835. The lowest BCUT2D eigenvalue weighted by atomic mass is 9.98. The van der Waals surface area contributed by atoms with Crippen LogP contribution in [0.1, 0.15) is 5.56 Å².